The van der Waals surface area contributed by atoms with Crippen LogP contribution < -0.4 is 5.32 Å². The van der Waals surface area contributed by atoms with Crippen LogP contribution in [0.2, 0.25) is 0 Å². The molecule has 0 aliphatic rings. The van der Waals surface area contributed by atoms with Gasteiger partial charge in [-0.1, -0.05) is 19.1 Å². The topological polar surface area (TPSA) is 12.0 Å². The summed E-state index contributed by atoms with van der Waals surface area (Å²) in [6, 6.07) is 3.63. The molecule has 1 aromatic carbocycles. The Labute approximate surface area is 112 Å². The maximum Gasteiger partial charge on any atom is 0.390 e. The second kappa shape index (κ2) is 6.52. The summed E-state index contributed by atoms with van der Waals surface area (Å²) >= 11 is 3.06. The largest absolute Gasteiger partial charge is 0.390 e. The van der Waals surface area contributed by atoms with Crippen LogP contribution in [0.3, 0.4) is 0 Å². The molecule has 0 heterocycles. The first-order valence-electron chi connectivity index (χ1n) is 5.56. The summed E-state index contributed by atoms with van der Waals surface area (Å²) in [4.78, 5) is 0. The van der Waals surface area contributed by atoms with Gasteiger partial charge in [-0.2, -0.15) is 13.2 Å². The second-order valence-corrected chi connectivity index (χ2v) is 4.78. The van der Waals surface area contributed by atoms with Gasteiger partial charge in [0, 0.05) is 6.04 Å². The third kappa shape index (κ3) is 4.94. The molecule has 1 rings (SSSR count). The van der Waals surface area contributed by atoms with Crippen molar-refractivity contribution in [2.75, 3.05) is 6.54 Å². The van der Waals surface area contributed by atoms with Gasteiger partial charge in [-0.15, -0.1) is 0 Å². The SMILES string of the molecule is CCNC(Cc1cccc(F)c1Br)CC(F)(F)F. The Bertz CT molecular complexity index is 392. The van der Waals surface area contributed by atoms with E-state index in [1.807, 2.05) is 0 Å². The predicted molar refractivity (Wildman–Crippen MR) is 65.9 cm³/mol. The minimum absolute atomic E-state index is 0.131. The zero-order valence-electron chi connectivity index (χ0n) is 9.82. The lowest BCUT2D eigenvalue weighted by Crippen LogP contribution is -2.35. The predicted octanol–water partition coefficient (Wildman–Crippen LogP) is 4.06. The van der Waals surface area contributed by atoms with Crippen LogP contribution in [0.25, 0.3) is 0 Å². The highest BCUT2D eigenvalue weighted by atomic mass is 79.9. The molecule has 102 valence electrons. The van der Waals surface area contributed by atoms with Crippen molar-refractivity contribution in [3.8, 4) is 0 Å². The minimum atomic E-state index is -4.23. The fourth-order valence-corrected chi connectivity index (χ4v) is 2.18. The number of likely N-dealkylation sites (N-methyl/N-ethyl adjacent to an activating group) is 1. The molecule has 1 nitrogen and oxygen atoms in total. The van der Waals surface area contributed by atoms with Gasteiger partial charge in [0.15, 0.2) is 0 Å². The van der Waals surface area contributed by atoms with Gasteiger partial charge in [-0.3, -0.25) is 0 Å². The molecular weight excluding hydrogens is 314 g/mol. The summed E-state index contributed by atoms with van der Waals surface area (Å²) in [5.74, 6) is -0.463. The summed E-state index contributed by atoms with van der Waals surface area (Å²) < 4.78 is 50.7. The standard InChI is InChI=1S/C12H14BrF4N/c1-2-18-9(7-12(15,16)17)6-8-4-3-5-10(14)11(8)13/h3-5,9,18H,2,6-7H2,1H3. The third-order valence-electron chi connectivity index (χ3n) is 2.47. The van der Waals surface area contributed by atoms with Gasteiger partial charge in [0.25, 0.3) is 0 Å². The molecular formula is C12H14BrF4N. The maximum absolute atomic E-state index is 13.3. The molecule has 1 aromatic rings. The number of benzene rings is 1. The number of hydrogen-bond acceptors (Lipinski definition) is 1. The Balaban J connectivity index is 2.80. The van der Waals surface area contributed by atoms with Crippen molar-refractivity contribution in [2.45, 2.75) is 32.0 Å². The Kier molecular flexibility index (Phi) is 5.59. The van der Waals surface area contributed by atoms with Gasteiger partial charge in [0.05, 0.1) is 10.9 Å². The van der Waals surface area contributed by atoms with Gasteiger partial charge in [-0.05, 0) is 40.5 Å². The lowest BCUT2D eigenvalue weighted by atomic mass is 10.0. The van der Waals surface area contributed by atoms with E-state index >= 15 is 0 Å². The summed E-state index contributed by atoms with van der Waals surface area (Å²) in [5.41, 5.74) is 0.533. The molecule has 0 spiro atoms. The first kappa shape index (κ1) is 15.4. The molecule has 6 heteroatoms. The Morgan fingerprint density at radius 1 is 1.33 bits per heavy atom. The number of halogens is 5. The van der Waals surface area contributed by atoms with Crippen LogP contribution in [0.4, 0.5) is 17.6 Å². The quantitative estimate of drug-likeness (QED) is 0.804. The van der Waals surface area contributed by atoms with Crippen molar-refractivity contribution in [3.05, 3.63) is 34.1 Å². The Morgan fingerprint density at radius 3 is 2.56 bits per heavy atom. The fourth-order valence-electron chi connectivity index (χ4n) is 1.76. The first-order valence-corrected chi connectivity index (χ1v) is 6.35. The van der Waals surface area contributed by atoms with Gasteiger partial charge < -0.3 is 5.32 Å². The molecule has 0 bridgehead atoms. The Hall–Kier alpha value is -0.620. The monoisotopic (exact) mass is 327 g/mol. The molecule has 1 unspecified atom stereocenters. The zero-order chi connectivity index (χ0) is 13.8. The molecule has 0 radical (unpaired) electrons. The molecule has 18 heavy (non-hydrogen) atoms. The lowest BCUT2D eigenvalue weighted by Gasteiger charge is -2.20. The van der Waals surface area contributed by atoms with Gasteiger partial charge in [0.2, 0.25) is 0 Å². The second-order valence-electron chi connectivity index (χ2n) is 3.99. The lowest BCUT2D eigenvalue weighted by molar-refractivity contribution is -0.139. The van der Waals surface area contributed by atoms with Crippen molar-refractivity contribution < 1.29 is 17.6 Å². The highest BCUT2D eigenvalue weighted by Crippen LogP contribution is 2.26. The highest BCUT2D eigenvalue weighted by molar-refractivity contribution is 9.10. The summed E-state index contributed by atoms with van der Waals surface area (Å²) in [7, 11) is 0. The van der Waals surface area contributed by atoms with E-state index in [0.29, 0.717) is 12.1 Å². The first-order chi connectivity index (χ1) is 8.33. The van der Waals surface area contributed by atoms with Crippen molar-refractivity contribution in [3.63, 3.8) is 0 Å². The van der Waals surface area contributed by atoms with E-state index in [1.165, 1.54) is 12.1 Å². The molecule has 0 aliphatic heterocycles. The number of hydrogen-bond donors (Lipinski definition) is 1. The maximum atomic E-state index is 13.3. The van der Waals surface area contributed by atoms with Crippen LogP contribution in [-0.4, -0.2) is 18.8 Å². The number of nitrogens with one attached hydrogen (secondary N) is 1. The van der Waals surface area contributed by atoms with Crippen molar-refractivity contribution in [1.29, 1.82) is 0 Å². The van der Waals surface area contributed by atoms with Crippen molar-refractivity contribution in [1.82, 2.24) is 5.32 Å². The third-order valence-corrected chi connectivity index (χ3v) is 3.36. The minimum Gasteiger partial charge on any atom is -0.314 e. The van der Waals surface area contributed by atoms with E-state index in [1.54, 1.807) is 13.0 Å². The summed E-state index contributed by atoms with van der Waals surface area (Å²) in [5, 5.41) is 2.77. The van der Waals surface area contributed by atoms with Crippen LogP contribution in [0.5, 0.6) is 0 Å². The van der Waals surface area contributed by atoms with E-state index < -0.39 is 24.5 Å². The van der Waals surface area contributed by atoms with Crippen molar-refractivity contribution in [2.24, 2.45) is 0 Å². The molecule has 0 aromatic heterocycles. The van der Waals surface area contributed by atoms with Crippen LogP contribution in [0, 0.1) is 5.82 Å². The van der Waals surface area contributed by atoms with Crippen LogP contribution in [-0.2, 0) is 6.42 Å². The Morgan fingerprint density at radius 2 is 2.00 bits per heavy atom. The summed E-state index contributed by atoms with van der Waals surface area (Å²) in [6.07, 6.45) is -5.03. The molecule has 0 fully saturated rings. The molecule has 1 atom stereocenters. The number of rotatable bonds is 5. The molecule has 0 aliphatic carbocycles. The van der Waals surface area contributed by atoms with Gasteiger partial charge in [0.1, 0.15) is 5.82 Å². The molecule has 1 N–H and O–H groups in total. The average molecular weight is 328 g/mol. The average Bonchev–Trinajstić information content (AvgIpc) is 2.23. The van der Waals surface area contributed by atoms with Crippen molar-refractivity contribution >= 4 is 15.9 Å². The fraction of sp³-hybridized carbons (Fsp3) is 0.500. The normalized spacial score (nSPS) is 13.7. The van der Waals surface area contributed by atoms with E-state index in [9.17, 15) is 17.6 Å². The van der Waals surface area contributed by atoms with Gasteiger partial charge >= 0.3 is 6.18 Å². The smallest absolute Gasteiger partial charge is 0.314 e. The zero-order valence-corrected chi connectivity index (χ0v) is 11.4. The van der Waals surface area contributed by atoms with E-state index in [4.69, 9.17) is 0 Å². The van der Waals surface area contributed by atoms with E-state index in [0.717, 1.165) is 0 Å². The van der Waals surface area contributed by atoms with Crippen LogP contribution in [0.1, 0.15) is 18.9 Å². The summed E-state index contributed by atoms with van der Waals surface area (Å²) in [6.45, 7) is 2.18. The van der Waals surface area contributed by atoms with E-state index in [-0.39, 0.29) is 10.9 Å². The molecule has 0 amide bonds. The van der Waals surface area contributed by atoms with Crippen LogP contribution in [0.15, 0.2) is 22.7 Å². The molecule has 0 saturated heterocycles. The number of alkyl halides is 3. The molecule has 0 saturated carbocycles. The van der Waals surface area contributed by atoms with Gasteiger partial charge in [-0.25, -0.2) is 4.39 Å². The highest BCUT2D eigenvalue weighted by Gasteiger charge is 2.31. The van der Waals surface area contributed by atoms with E-state index in [2.05, 4.69) is 21.2 Å². The van der Waals surface area contributed by atoms with Crippen LogP contribution >= 0.6 is 15.9 Å².